The molecule has 2 atom stereocenters. The lowest BCUT2D eigenvalue weighted by Gasteiger charge is -2.41. The fraction of sp³-hybridized carbons (Fsp3) is 0.429. The highest BCUT2D eigenvalue weighted by Gasteiger charge is 2.63. The molecule has 1 N–H and O–H groups in total. The lowest BCUT2D eigenvalue weighted by molar-refractivity contribution is -0.145. The number of hydrogen-bond acceptors (Lipinski definition) is 10. The summed E-state index contributed by atoms with van der Waals surface area (Å²) in [5.41, 5.74) is -0.476. The molecule has 2 aliphatic heterocycles. The number of fused-ring (bicyclic) bond motifs is 1. The van der Waals surface area contributed by atoms with Gasteiger partial charge in [-0.15, -0.1) is 0 Å². The Bertz CT molecular complexity index is 1840. The number of carboxylic acids is 1. The molecular weight excluding hydrogens is 672 g/mol. The lowest BCUT2D eigenvalue weighted by Crippen LogP contribution is -2.58. The van der Waals surface area contributed by atoms with Crippen LogP contribution in [0.25, 0.3) is 0 Å². The number of carboxylic acid groups (broad SMARTS) is 1. The van der Waals surface area contributed by atoms with E-state index in [1.165, 1.54) is 51.7 Å². The third-order valence-corrected chi connectivity index (χ3v) is 11.1. The van der Waals surface area contributed by atoms with Crippen LogP contribution in [0.3, 0.4) is 0 Å². The Hall–Kier alpha value is -3.88. The average molecular weight is 715 g/mol. The van der Waals surface area contributed by atoms with Crippen molar-refractivity contribution < 1.29 is 37.3 Å². The van der Waals surface area contributed by atoms with Gasteiger partial charge in [0, 0.05) is 35.3 Å². The van der Waals surface area contributed by atoms with E-state index < -0.39 is 33.5 Å². The number of carbonyl (C=O) groups excluding carboxylic acids is 1. The van der Waals surface area contributed by atoms with Crippen molar-refractivity contribution >= 4 is 39.2 Å². The fourth-order valence-electron chi connectivity index (χ4n) is 6.97. The maximum absolute atomic E-state index is 15.4. The van der Waals surface area contributed by atoms with Crippen molar-refractivity contribution in [2.45, 2.75) is 42.3 Å². The number of hydrogen-bond donors (Lipinski definition) is 1. The number of methoxy groups -OCH3 is 3. The molecule has 2 heterocycles. The summed E-state index contributed by atoms with van der Waals surface area (Å²) in [6.45, 7) is 2.45. The maximum Gasteiger partial charge on any atom is 0.320 e. The Morgan fingerprint density at radius 3 is 2.35 bits per heavy atom. The fourth-order valence-corrected chi connectivity index (χ4v) is 8.75. The molecule has 0 spiro atoms. The number of aliphatic carboxylic acids is 1. The number of anilines is 1. The van der Waals surface area contributed by atoms with E-state index in [9.17, 15) is 18.3 Å². The second kappa shape index (κ2) is 14.5. The van der Waals surface area contributed by atoms with Gasteiger partial charge in [-0.3, -0.25) is 14.5 Å². The number of sulfonamides is 1. The van der Waals surface area contributed by atoms with Crippen molar-refractivity contribution in [2.24, 2.45) is 0 Å². The first-order chi connectivity index (χ1) is 23.3. The first-order valence-corrected chi connectivity index (χ1v) is 17.7. The van der Waals surface area contributed by atoms with Crippen LogP contribution in [0, 0.1) is 0 Å². The Morgan fingerprint density at radius 1 is 0.959 bits per heavy atom. The molecule has 0 aliphatic carbocycles. The predicted octanol–water partition coefficient (Wildman–Crippen LogP) is 4.28. The summed E-state index contributed by atoms with van der Waals surface area (Å²) in [5.74, 6) is -1.36. The molecule has 14 heteroatoms. The summed E-state index contributed by atoms with van der Waals surface area (Å²) in [6, 6.07) is 13.1. The van der Waals surface area contributed by atoms with E-state index in [1.54, 1.807) is 17.0 Å². The molecule has 1 amide bonds. The minimum absolute atomic E-state index is 0.0263. The van der Waals surface area contributed by atoms with Gasteiger partial charge in [-0.1, -0.05) is 17.7 Å². The second-order valence-corrected chi connectivity index (χ2v) is 14.8. The summed E-state index contributed by atoms with van der Waals surface area (Å²) in [7, 11) is 5.62. The average Bonchev–Trinajstić information content (AvgIpc) is 3.65. The van der Waals surface area contributed by atoms with Crippen LogP contribution in [0.2, 0.25) is 5.02 Å². The normalized spacial score (nSPS) is 19.5. The standard InChI is InChI=1S/C35H43ClN4O8S/c1-37(2)16-8-17-38(3)22-23-10-14-30(47-5)27(19-23)35(39-18-7-9-29(39)33(41)42)26-20-24(36)11-13-28(26)40(34(35)43)49(44,45)32-15-12-25(46-4)21-31(32)48-6/h10-15,19-21,29H,7-9,16-18,22H2,1-6H3,(H,41,42)/t29-,35?/m0/s1. The van der Waals surface area contributed by atoms with E-state index in [0.717, 1.165) is 29.4 Å². The zero-order valence-corrected chi connectivity index (χ0v) is 30.2. The van der Waals surface area contributed by atoms with Crippen LogP contribution in [0.4, 0.5) is 5.69 Å². The van der Waals surface area contributed by atoms with E-state index in [-0.39, 0.29) is 39.9 Å². The van der Waals surface area contributed by atoms with Gasteiger partial charge < -0.3 is 29.1 Å². The van der Waals surface area contributed by atoms with Gasteiger partial charge in [-0.05, 0) is 102 Å². The third-order valence-electron chi connectivity index (χ3n) is 9.17. The molecule has 3 aromatic rings. The minimum atomic E-state index is -4.66. The van der Waals surface area contributed by atoms with Gasteiger partial charge >= 0.3 is 5.97 Å². The largest absolute Gasteiger partial charge is 0.497 e. The van der Waals surface area contributed by atoms with Gasteiger partial charge in [0.25, 0.3) is 15.9 Å². The van der Waals surface area contributed by atoms with Crippen LogP contribution >= 0.6 is 11.6 Å². The summed E-state index contributed by atoms with van der Waals surface area (Å²) >= 11 is 6.61. The summed E-state index contributed by atoms with van der Waals surface area (Å²) in [5, 5.41) is 10.7. The molecule has 264 valence electrons. The number of rotatable bonds is 14. The number of amides is 1. The SMILES string of the molecule is COc1ccc(S(=O)(=O)N2C(=O)C(c3cc(CN(C)CCCN(C)C)ccc3OC)(N3CCC[C@H]3C(=O)O)c3cc(Cl)ccc32)c(OC)c1. The van der Waals surface area contributed by atoms with Gasteiger partial charge in [-0.2, -0.15) is 0 Å². The van der Waals surface area contributed by atoms with E-state index in [4.69, 9.17) is 25.8 Å². The van der Waals surface area contributed by atoms with E-state index in [2.05, 4.69) is 9.80 Å². The molecule has 12 nitrogen and oxygen atoms in total. The van der Waals surface area contributed by atoms with Crippen LogP contribution in [0.1, 0.15) is 36.0 Å². The zero-order chi connectivity index (χ0) is 35.7. The molecule has 0 bridgehead atoms. The summed E-state index contributed by atoms with van der Waals surface area (Å²) < 4.78 is 46.8. The van der Waals surface area contributed by atoms with Crippen LogP contribution in [-0.2, 0) is 31.7 Å². The van der Waals surface area contributed by atoms with E-state index >= 15 is 4.79 Å². The third kappa shape index (κ3) is 6.57. The highest BCUT2D eigenvalue weighted by molar-refractivity contribution is 7.93. The van der Waals surface area contributed by atoms with Gasteiger partial charge in [0.05, 0.1) is 27.0 Å². The highest BCUT2D eigenvalue weighted by atomic mass is 35.5. The molecule has 1 saturated heterocycles. The molecule has 1 unspecified atom stereocenters. The molecule has 5 rings (SSSR count). The van der Waals surface area contributed by atoms with Crippen molar-refractivity contribution in [3.05, 3.63) is 76.3 Å². The van der Waals surface area contributed by atoms with Crippen molar-refractivity contribution in [2.75, 3.05) is 66.4 Å². The molecule has 1 fully saturated rings. The van der Waals surface area contributed by atoms with Gasteiger partial charge in [0.15, 0.2) is 5.54 Å². The highest BCUT2D eigenvalue weighted by Crippen LogP contribution is 2.55. The molecule has 0 aromatic heterocycles. The second-order valence-electron chi connectivity index (χ2n) is 12.6. The predicted molar refractivity (Wildman–Crippen MR) is 186 cm³/mol. The monoisotopic (exact) mass is 714 g/mol. The van der Waals surface area contributed by atoms with Crippen molar-refractivity contribution in [3.8, 4) is 17.2 Å². The van der Waals surface area contributed by atoms with Crippen LogP contribution in [-0.4, -0.2) is 108 Å². The van der Waals surface area contributed by atoms with E-state index in [0.29, 0.717) is 30.0 Å². The molecule has 2 aliphatic rings. The topological polar surface area (TPSA) is 129 Å². The quantitative estimate of drug-likeness (QED) is 0.257. The summed E-state index contributed by atoms with van der Waals surface area (Å²) in [6.07, 6.45) is 1.67. The van der Waals surface area contributed by atoms with Crippen molar-refractivity contribution in [1.82, 2.24) is 14.7 Å². The first-order valence-electron chi connectivity index (χ1n) is 15.9. The zero-order valence-electron chi connectivity index (χ0n) is 28.6. The van der Waals surface area contributed by atoms with Gasteiger partial charge in [0.2, 0.25) is 0 Å². The van der Waals surface area contributed by atoms with Crippen molar-refractivity contribution in [3.63, 3.8) is 0 Å². The molecule has 0 radical (unpaired) electrons. The smallest absolute Gasteiger partial charge is 0.320 e. The molecule has 0 saturated carbocycles. The first kappa shape index (κ1) is 36.4. The number of nitrogens with zero attached hydrogens (tertiary/aromatic N) is 4. The number of ether oxygens (including phenoxy) is 3. The Labute approximate surface area is 292 Å². The Morgan fingerprint density at radius 2 is 1.69 bits per heavy atom. The van der Waals surface area contributed by atoms with E-state index in [1.807, 2.05) is 33.3 Å². The Balaban J connectivity index is 1.77. The van der Waals surface area contributed by atoms with Crippen molar-refractivity contribution in [1.29, 1.82) is 0 Å². The number of halogens is 1. The van der Waals surface area contributed by atoms with Gasteiger partial charge in [0.1, 0.15) is 28.2 Å². The minimum Gasteiger partial charge on any atom is -0.497 e. The number of likely N-dealkylation sites (tertiary alicyclic amines) is 1. The number of carbonyl (C=O) groups is 2. The maximum atomic E-state index is 15.4. The molecular formula is C35H43ClN4O8S. The molecule has 49 heavy (non-hydrogen) atoms. The van der Waals surface area contributed by atoms with Crippen LogP contribution in [0.15, 0.2) is 59.5 Å². The lowest BCUT2D eigenvalue weighted by atomic mass is 9.80. The van der Waals surface area contributed by atoms with Crippen LogP contribution < -0.4 is 18.5 Å². The Kier molecular flexibility index (Phi) is 10.8. The molecule has 3 aromatic carbocycles. The number of benzene rings is 3. The summed E-state index contributed by atoms with van der Waals surface area (Å²) in [4.78, 5) is 33.8. The van der Waals surface area contributed by atoms with Gasteiger partial charge in [-0.25, -0.2) is 12.7 Å². The van der Waals surface area contributed by atoms with Crippen LogP contribution in [0.5, 0.6) is 17.2 Å².